The van der Waals surface area contributed by atoms with Crippen molar-refractivity contribution in [1.82, 2.24) is 15.0 Å². The summed E-state index contributed by atoms with van der Waals surface area (Å²) >= 11 is 0. The molecule has 0 N–H and O–H groups in total. The molecule has 0 saturated heterocycles. The van der Waals surface area contributed by atoms with Crippen LogP contribution in [0.4, 0.5) is 5.69 Å². The number of benzene rings is 3. The van der Waals surface area contributed by atoms with E-state index in [0.29, 0.717) is 17.0 Å². The zero-order chi connectivity index (χ0) is 22.3. The van der Waals surface area contributed by atoms with E-state index < -0.39 is 10.9 Å². The lowest BCUT2D eigenvalue weighted by Gasteiger charge is -2.06. The highest BCUT2D eigenvalue weighted by molar-refractivity contribution is 5.74. The first-order valence-electron chi connectivity index (χ1n) is 9.71. The number of rotatable bonds is 8. The lowest BCUT2D eigenvalue weighted by molar-refractivity contribution is -0.385. The summed E-state index contributed by atoms with van der Waals surface area (Å²) in [5.41, 5.74) is 1.39. The Kier molecular flexibility index (Phi) is 6.17. The summed E-state index contributed by atoms with van der Waals surface area (Å²) in [6.07, 6.45) is 1.44. The standard InChI is InChI=1S/C23H18N4O5/c28-23(14-17-6-4-5-9-22(17)27(29)30)31-16-18-15-26(25-24-18)19-10-12-21(13-11-19)32-20-7-2-1-3-8-20/h1-13,15H,14,16H2. The lowest BCUT2D eigenvalue weighted by Crippen LogP contribution is -2.09. The summed E-state index contributed by atoms with van der Waals surface area (Å²) < 4.78 is 12.5. The van der Waals surface area contributed by atoms with Gasteiger partial charge in [0.05, 0.1) is 23.2 Å². The second kappa shape index (κ2) is 9.52. The third-order valence-electron chi connectivity index (χ3n) is 4.53. The number of hydrogen-bond donors (Lipinski definition) is 0. The maximum atomic E-state index is 12.1. The number of esters is 1. The molecule has 0 atom stereocenters. The first-order chi connectivity index (χ1) is 15.6. The number of aromatic nitrogens is 3. The molecule has 9 nitrogen and oxygen atoms in total. The van der Waals surface area contributed by atoms with Gasteiger partial charge in [-0.05, 0) is 36.4 Å². The van der Waals surface area contributed by atoms with Crippen molar-refractivity contribution in [1.29, 1.82) is 0 Å². The molecule has 0 amide bonds. The van der Waals surface area contributed by atoms with Crippen molar-refractivity contribution in [3.05, 3.63) is 106 Å². The number of nitro benzene ring substituents is 1. The number of carbonyl (C=O) groups excluding carboxylic acids is 1. The minimum Gasteiger partial charge on any atom is -0.459 e. The molecule has 0 aliphatic carbocycles. The third-order valence-corrected chi connectivity index (χ3v) is 4.53. The monoisotopic (exact) mass is 430 g/mol. The van der Waals surface area contributed by atoms with E-state index in [2.05, 4.69) is 10.3 Å². The molecule has 0 fully saturated rings. The fourth-order valence-corrected chi connectivity index (χ4v) is 2.98. The van der Waals surface area contributed by atoms with E-state index in [-0.39, 0.29) is 18.7 Å². The van der Waals surface area contributed by atoms with Gasteiger partial charge in [0.15, 0.2) is 0 Å². The Morgan fingerprint density at radius 3 is 2.38 bits per heavy atom. The van der Waals surface area contributed by atoms with E-state index >= 15 is 0 Å². The van der Waals surface area contributed by atoms with E-state index in [4.69, 9.17) is 9.47 Å². The molecule has 9 heteroatoms. The van der Waals surface area contributed by atoms with Gasteiger partial charge in [-0.25, -0.2) is 4.68 Å². The largest absolute Gasteiger partial charge is 0.459 e. The van der Waals surface area contributed by atoms with Gasteiger partial charge in [0.2, 0.25) is 0 Å². The second-order valence-corrected chi connectivity index (χ2v) is 6.79. The van der Waals surface area contributed by atoms with Gasteiger partial charge in [-0.15, -0.1) is 5.10 Å². The van der Waals surface area contributed by atoms with Crippen LogP contribution in [-0.4, -0.2) is 25.9 Å². The second-order valence-electron chi connectivity index (χ2n) is 6.79. The first-order valence-corrected chi connectivity index (χ1v) is 9.71. The molecule has 0 saturated carbocycles. The van der Waals surface area contributed by atoms with Gasteiger partial charge in [-0.1, -0.05) is 41.6 Å². The van der Waals surface area contributed by atoms with Gasteiger partial charge >= 0.3 is 5.97 Å². The normalized spacial score (nSPS) is 10.5. The van der Waals surface area contributed by atoms with Gasteiger partial charge in [0.1, 0.15) is 23.8 Å². The zero-order valence-electron chi connectivity index (χ0n) is 16.8. The van der Waals surface area contributed by atoms with Crippen molar-refractivity contribution < 1.29 is 19.2 Å². The van der Waals surface area contributed by atoms with Crippen LogP contribution in [0.5, 0.6) is 11.5 Å². The SMILES string of the molecule is O=C(Cc1ccccc1[N+](=O)[O-])OCc1cn(-c2ccc(Oc3ccccc3)cc2)nn1. The summed E-state index contributed by atoms with van der Waals surface area (Å²) in [6, 6.07) is 22.8. The lowest BCUT2D eigenvalue weighted by atomic mass is 10.1. The van der Waals surface area contributed by atoms with Gasteiger partial charge in [0, 0.05) is 11.6 Å². The Labute approximate surface area is 183 Å². The fourth-order valence-electron chi connectivity index (χ4n) is 2.98. The molecule has 32 heavy (non-hydrogen) atoms. The van der Waals surface area contributed by atoms with Crippen LogP contribution in [0.3, 0.4) is 0 Å². The van der Waals surface area contributed by atoms with Gasteiger partial charge < -0.3 is 9.47 Å². The van der Waals surface area contributed by atoms with Gasteiger partial charge in [-0.3, -0.25) is 14.9 Å². The van der Waals surface area contributed by atoms with Crippen LogP contribution in [0.1, 0.15) is 11.3 Å². The smallest absolute Gasteiger partial charge is 0.310 e. The molecule has 0 radical (unpaired) electrons. The number of carbonyl (C=O) groups is 1. The topological polar surface area (TPSA) is 109 Å². The van der Waals surface area contributed by atoms with E-state index in [1.54, 1.807) is 23.0 Å². The fraction of sp³-hybridized carbons (Fsp3) is 0.0870. The molecule has 3 aromatic carbocycles. The highest BCUT2D eigenvalue weighted by atomic mass is 16.6. The average Bonchev–Trinajstić information content (AvgIpc) is 3.28. The molecule has 1 heterocycles. The summed E-state index contributed by atoms with van der Waals surface area (Å²) in [4.78, 5) is 22.6. The Bertz CT molecular complexity index is 1220. The number of nitro groups is 1. The predicted molar refractivity (Wildman–Crippen MR) is 114 cm³/mol. The Balaban J connectivity index is 1.34. The molecular formula is C23H18N4O5. The van der Waals surface area contributed by atoms with Crippen molar-refractivity contribution in [2.75, 3.05) is 0 Å². The average molecular weight is 430 g/mol. The number of nitrogens with zero attached hydrogens (tertiary/aromatic N) is 4. The summed E-state index contributed by atoms with van der Waals surface area (Å²) in [5.74, 6) is 0.839. The quantitative estimate of drug-likeness (QED) is 0.233. The van der Waals surface area contributed by atoms with Crippen LogP contribution in [0.2, 0.25) is 0 Å². The van der Waals surface area contributed by atoms with Crippen LogP contribution in [0.25, 0.3) is 5.69 Å². The van der Waals surface area contributed by atoms with Crippen LogP contribution in [0.15, 0.2) is 85.1 Å². The molecule has 0 bridgehead atoms. The molecule has 0 unspecified atom stereocenters. The van der Waals surface area contributed by atoms with Crippen LogP contribution in [-0.2, 0) is 22.6 Å². The highest BCUT2D eigenvalue weighted by Crippen LogP contribution is 2.22. The van der Waals surface area contributed by atoms with Gasteiger partial charge in [-0.2, -0.15) is 0 Å². The van der Waals surface area contributed by atoms with E-state index in [0.717, 1.165) is 11.4 Å². The summed E-state index contributed by atoms with van der Waals surface area (Å²) in [6.45, 7) is -0.0886. The van der Waals surface area contributed by atoms with Crippen molar-refractivity contribution in [3.63, 3.8) is 0 Å². The molecule has 4 aromatic rings. The van der Waals surface area contributed by atoms with Crippen molar-refractivity contribution in [2.24, 2.45) is 0 Å². The summed E-state index contributed by atoms with van der Waals surface area (Å²) in [5, 5.41) is 19.1. The van der Waals surface area contributed by atoms with E-state index in [9.17, 15) is 14.9 Å². The maximum absolute atomic E-state index is 12.1. The van der Waals surface area contributed by atoms with Crippen molar-refractivity contribution in [3.8, 4) is 17.2 Å². The number of para-hydroxylation sites is 2. The Morgan fingerprint density at radius 2 is 1.62 bits per heavy atom. The molecule has 0 aliphatic heterocycles. The van der Waals surface area contributed by atoms with Crippen molar-refractivity contribution in [2.45, 2.75) is 13.0 Å². The van der Waals surface area contributed by atoms with E-state index in [1.165, 1.54) is 12.1 Å². The molecule has 4 rings (SSSR count). The molecular weight excluding hydrogens is 412 g/mol. The predicted octanol–water partition coefficient (Wildman–Crippen LogP) is 4.25. The summed E-state index contributed by atoms with van der Waals surface area (Å²) in [7, 11) is 0. The van der Waals surface area contributed by atoms with Crippen LogP contribution >= 0.6 is 0 Å². The molecule has 1 aromatic heterocycles. The zero-order valence-corrected chi connectivity index (χ0v) is 16.8. The minimum absolute atomic E-state index is 0.0886. The minimum atomic E-state index is -0.587. The number of ether oxygens (including phenoxy) is 2. The Morgan fingerprint density at radius 1 is 0.938 bits per heavy atom. The first kappa shape index (κ1) is 20.7. The van der Waals surface area contributed by atoms with Gasteiger partial charge in [0.25, 0.3) is 5.69 Å². The van der Waals surface area contributed by atoms with Crippen molar-refractivity contribution >= 4 is 11.7 Å². The molecule has 160 valence electrons. The van der Waals surface area contributed by atoms with E-state index in [1.807, 2.05) is 54.6 Å². The highest BCUT2D eigenvalue weighted by Gasteiger charge is 2.16. The molecule has 0 spiro atoms. The number of hydrogen-bond acceptors (Lipinski definition) is 7. The Hall–Kier alpha value is -4.53. The molecule has 0 aliphatic rings. The third kappa shape index (κ3) is 5.14. The van der Waals surface area contributed by atoms with Crippen LogP contribution < -0.4 is 4.74 Å². The van der Waals surface area contributed by atoms with Crippen LogP contribution in [0, 0.1) is 10.1 Å². The maximum Gasteiger partial charge on any atom is 0.310 e.